The molecule has 1 unspecified atom stereocenters. The van der Waals surface area contributed by atoms with Crippen molar-refractivity contribution in [1.82, 2.24) is 20.4 Å². The lowest BCUT2D eigenvalue weighted by atomic mass is 9.91. The van der Waals surface area contributed by atoms with Crippen LogP contribution in [0.25, 0.3) is 0 Å². The third kappa shape index (κ3) is 4.29. The number of nitrogens with one attached hydrogen (secondary N) is 2. The van der Waals surface area contributed by atoms with Crippen LogP contribution >= 0.6 is 11.3 Å². The first-order valence-electron chi connectivity index (χ1n) is 9.47. The summed E-state index contributed by atoms with van der Waals surface area (Å²) in [6.07, 6.45) is 5.38. The number of guanidine groups is 1. The van der Waals surface area contributed by atoms with Gasteiger partial charge in [0.2, 0.25) is 0 Å². The molecule has 2 aromatic rings. The highest BCUT2D eigenvalue weighted by Crippen LogP contribution is 2.26. The number of hydrogen-bond acceptors (Lipinski definition) is 3. The quantitative estimate of drug-likeness (QED) is 0.623. The topological polar surface area (TPSA) is 54.2 Å². The zero-order chi connectivity index (χ0) is 18.7. The first kappa shape index (κ1) is 19.0. The van der Waals surface area contributed by atoms with Gasteiger partial charge in [-0.3, -0.25) is 9.67 Å². The van der Waals surface area contributed by atoms with Gasteiger partial charge in [-0.2, -0.15) is 5.10 Å². The minimum atomic E-state index is 0.0849. The maximum atomic E-state index is 4.77. The number of thiophene rings is 1. The molecule has 6 heteroatoms. The molecule has 142 valence electrons. The van der Waals surface area contributed by atoms with Crippen LogP contribution in [0, 0.1) is 0 Å². The molecule has 0 radical (unpaired) electrons. The van der Waals surface area contributed by atoms with Crippen molar-refractivity contribution in [2.45, 2.75) is 64.5 Å². The summed E-state index contributed by atoms with van der Waals surface area (Å²) < 4.78 is 2.09. The van der Waals surface area contributed by atoms with E-state index in [1.807, 2.05) is 18.4 Å². The lowest BCUT2D eigenvalue weighted by molar-refractivity contribution is 0.486. The van der Waals surface area contributed by atoms with Gasteiger partial charge in [0.25, 0.3) is 0 Å². The molecule has 1 atom stereocenters. The van der Waals surface area contributed by atoms with Crippen molar-refractivity contribution in [2.24, 2.45) is 4.99 Å². The second-order valence-corrected chi connectivity index (χ2v) is 8.99. The predicted molar refractivity (Wildman–Crippen MR) is 110 cm³/mol. The van der Waals surface area contributed by atoms with Crippen LogP contribution in [0.15, 0.2) is 28.7 Å². The van der Waals surface area contributed by atoms with E-state index in [1.165, 1.54) is 16.1 Å². The Hall–Kier alpha value is -1.82. The van der Waals surface area contributed by atoms with Gasteiger partial charge in [-0.15, -0.1) is 11.3 Å². The van der Waals surface area contributed by atoms with Crippen LogP contribution in [0.3, 0.4) is 0 Å². The predicted octanol–water partition coefficient (Wildman–Crippen LogP) is 3.53. The summed E-state index contributed by atoms with van der Waals surface area (Å²) in [5, 5.41) is 14.0. The molecule has 0 saturated carbocycles. The van der Waals surface area contributed by atoms with E-state index < -0.39 is 0 Å². The monoisotopic (exact) mass is 373 g/mol. The molecule has 3 rings (SSSR count). The third-order valence-corrected chi connectivity index (χ3v) is 6.31. The first-order chi connectivity index (χ1) is 12.4. The van der Waals surface area contributed by atoms with Crippen LogP contribution in [0.4, 0.5) is 0 Å². The van der Waals surface area contributed by atoms with Crippen molar-refractivity contribution < 1.29 is 0 Å². The lowest BCUT2D eigenvalue weighted by Gasteiger charge is -2.28. The molecule has 26 heavy (non-hydrogen) atoms. The fourth-order valence-electron chi connectivity index (χ4n) is 3.34. The van der Waals surface area contributed by atoms with Crippen molar-refractivity contribution in [3.8, 4) is 0 Å². The van der Waals surface area contributed by atoms with Crippen LogP contribution in [-0.2, 0) is 18.3 Å². The Labute approximate surface area is 160 Å². The van der Waals surface area contributed by atoms with E-state index >= 15 is 0 Å². The van der Waals surface area contributed by atoms with Gasteiger partial charge >= 0.3 is 0 Å². The molecule has 1 aliphatic carbocycles. The van der Waals surface area contributed by atoms with Crippen molar-refractivity contribution in [2.75, 3.05) is 13.6 Å². The summed E-state index contributed by atoms with van der Waals surface area (Å²) in [6.45, 7) is 9.74. The van der Waals surface area contributed by atoms with E-state index in [0.717, 1.165) is 31.8 Å². The van der Waals surface area contributed by atoms with E-state index in [2.05, 4.69) is 71.7 Å². The Kier molecular flexibility index (Phi) is 5.70. The first-order valence-corrected chi connectivity index (χ1v) is 10.3. The highest BCUT2D eigenvalue weighted by molar-refractivity contribution is 7.10. The van der Waals surface area contributed by atoms with Gasteiger partial charge in [0.05, 0.1) is 5.69 Å². The lowest BCUT2D eigenvalue weighted by Crippen LogP contribution is -2.48. The minimum absolute atomic E-state index is 0.0849. The van der Waals surface area contributed by atoms with Crippen LogP contribution in [0.2, 0.25) is 0 Å². The molecule has 1 aliphatic rings. The molecular weight excluding hydrogens is 342 g/mol. The minimum Gasteiger partial charge on any atom is -0.356 e. The van der Waals surface area contributed by atoms with Crippen molar-refractivity contribution in [3.05, 3.63) is 39.8 Å². The second kappa shape index (κ2) is 7.82. The van der Waals surface area contributed by atoms with E-state index in [0.29, 0.717) is 12.1 Å². The van der Waals surface area contributed by atoms with Crippen molar-refractivity contribution >= 4 is 17.3 Å². The summed E-state index contributed by atoms with van der Waals surface area (Å²) in [6, 6.07) is 5.12. The molecule has 0 fully saturated rings. The molecule has 5 nitrogen and oxygen atoms in total. The summed E-state index contributed by atoms with van der Waals surface area (Å²) in [5.74, 6) is 0.881. The van der Waals surface area contributed by atoms with Gasteiger partial charge in [-0.05, 0) is 43.7 Å². The van der Waals surface area contributed by atoms with E-state index in [4.69, 9.17) is 5.10 Å². The number of aromatic nitrogens is 2. The molecule has 0 aliphatic heterocycles. The number of aryl methyl sites for hydroxylation is 1. The Balaban J connectivity index is 1.57. The molecule has 2 N–H and O–H groups in total. The molecule has 0 aromatic carbocycles. The molecule has 0 bridgehead atoms. The molecule has 2 aromatic heterocycles. The zero-order valence-electron chi connectivity index (χ0n) is 16.5. The number of hydrogen-bond donors (Lipinski definition) is 2. The number of fused-ring (bicyclic) bond motifs is 1. The summed E-state index contributed by atoms with van der Waals surface area (Å²) in [7, 11) is 1.84. The van der Waals surface area contributed by atoms with E-state index in [1.54, 1.807) is 0 Å². The largest absolute Gasteiger partial charge is 0.356 e. The number of nitrogens with zero attached hydrogens (tertiary/aromatic N) is 3. The Morgan fingerprint density at radius 2 is 2.27 bits per heavy atom. The fraction of sp³-hybridized carbons (Fsp3) is 0.600. The highest BCUT2D eigenvalue weighted by atomic mass is 32.1. The van der Waals surface area contributed by atoms with Gasteiger partial charge in [0.15, 0.2) is 5.96 Å². The average molecular weight is 374 g/mol. The molecule has 0 saturated heterocycles. The van der Waals surface area contributed by atoms with Crippen molar-refractivity contribution in [1.29, 1.82) is 0 Å². The van der Waals surface area contributed by atoms with Gasteiger partial charge in [0.1, 0.15) is 0 Å². The van der Waals surface area contributed by atoms with Crippen LogP contribution in [0.1, 0.15) is 56.3 Å². The summed E-state index contributed by atoms with van der Waals surface area (Å²) >= 11 is 1.81. The maximum absolute atomic E-state index is 4.77. The van der Waals surface area contributed by atoms with Gasteiger partial charge < -0.3 is 10.6 Å². The average Bonchev–Trinajstić information content (AvgIpc) is 3.27. The molecule has 0 spiro atoms. The Bertz CT molecular complexity index is 742. The Morgan fingerprint density at radius 1 is 1.46 bits per heavy atom. The molecule has 2 heterocycles. The highest BCUT2D eigenvalue weighted by Gasteiger charge is 2.25. The smallest absolute Gasteiger partial charge is 0.191 e. The summed E-state index contributed by atoms with van der Waals surface area (Å²) in [5.41, 5.74) is 2.72. The van der Waals surface area contributed by atoms with Crippen LogP contribution in [0.5, 0.6) is 0 Å². The van der Waals surface area contributed by atoms with Crippen molar-refractivity contribution in [3.63, 3.8) is 0 Å². The van der Waals surface area contributed by atoms with Crippen LogP contribution < -0.4 is 10.6 Å². The normalized spacial score (nSPS) is 18.1. The molecular formula is C20H31N5S. The zero-order valence-corrected chi connectivity index (χ0v) is 17.4. The number of aliphatic imine (C=N–C) groups is 1. The third-order valence-electron chi connectivity index (χ3n) is 5.08. The maximum Gasteiger partial charge on any atom is 0.191 e. The van der Waals surface area contributed by atoms with Gasteiger partial charge in [-0.25, -0.2) is 0 Å². The van der Waals surface area contributed by atoms with E-state index in [9.17, 15) is 0 Å². The van der Waals surface area contributed by atoms with Gasteiger partial charge in [-0.1, -0.05) is 19.9 Å². The SMILES string of the molecule is CN=C(NCC(C)(C)c1cccs1)NC1CCc2cn(C(C)C)nc2C1. The number of rotatable bonds is 5. The second-order valence-electron chi connectivity index (χ2n) is 8.05. The van der Waals surface area contributed by atoms with E-state index in [-0.39, 0.29) is 5.41 Å². The standard InChI is InChI=1S/C20H31N5S/c1-14(2)25-12-15-8-9-16(11-17(15)24-25)23-19(21-5)22-13-20(3,4)18-7-6-10-26-18/h6-7,10,12,14,16H,8-9,11,13H2,1-5H3,(H2,21,22,23). The molecule has 0 amide bonds. The summed E-state index contributed by atoms with van der Waals surface area (Å²) in [4.78, 5) is 5.82. The fourth-order valence-corrected chi connectivity index (χ4v) is 4.20. The van der Waals surface area contributed by atoms with Crippen LogP contribution in [-0.4, -0.2) is 35.4 Å². The van der Waals surface area contributed by atoms with Gasteiger partial charge in [0, 0.05) is 48.6 Å². The Morgan fingerprint density at radius 3 is 2.92 bits per heavy atom.